The lowest BCUT2D eigenvalue weighted by molar-refractivity contribution is 0.357. The zero-order valence-corrected chi connectivity index (χ0v) is 11.2. The van der Waals surface area contributed by atoms with E-state index < -0.39 is 0 Å². The van der Waals surface area contributed by atoms with Crippen LogP contribution in [0.4, 0.5) is 0 Å². The highest BCUT2D eigenvalue weighted by atomic mass is 16.5. The fourth-order valence-electron chi connectivity index (χ4n) is 2.53. The van der Waals surface area contributed by atoms with Gasteiger partial charge in [0.15, 0.2) is 0 Å². The third kappa shape index (κ3) is 2.49. The molecule has 0 saturated heterocycles. The zero-order chi connectivity index (χ0) is 13.2. The lowest BCUT2D eigenvalue weighted by Gasteiger charge is -2.13. The molecule has 0 bridgehead atoms. The lowest BCUT2D eigenvalue weighted by atomic mass is 9.99. The van der Waals surface area contributed by atoms with Crippen molar-refractivity contribution in [1.82, 2.24) is 9.55 Å². The number of aromatic nitrogens is 2. The average Bonchev–Trinajstić information content (AvgIpc) is 3.03. The van der Waals surface area contributed by atoms with E-state index in [0.29, 0.717) is 0 Å². The second kappa shape index (κ2) is 5.05. The van der Waals surface area contributed by atoms with Crippen LogP contribution >= 0.6 is 0 Å². The topological polar surface area (TPSA) is 53.1 Å². The van der Waals surface area contributed by atoms with Gasteiger partial charge in [0.05, 0.1) is 6.61 Å². The number of imidazole rings is 1. The third-order valence-corrected chi connectivity index (χ3v) is 3.74. The monoisotopic (exact) mass is 257 g/mol. The predicted molar refractivity (Wildman–Crippen MR) is 74.1 cm³/mol. The standard InChI is InChI=1S/C15H19N3O/c1-18-8-7-17-15(18)5-3-13(16)11-2-4-14-12(10-11)6-9-19-14/h2,4,7-8,10,13H,3,5-6,9,16H2,1H3. The van der Waals surface area contributed by atoms with Crippen LogP contribution in [0.25, 0.3) is 0 Å². The van der Waals surface area contributed by atoms with Crippen LogP contribution in [0.1, 0.15) is 29.4 Å². The molecular weight excluding hydrogens is 238 g/mol. The summed E-state index contributed by atoms with van der Waals surface area (Å²) < 4.78 is 7.56. The van der Waals surface area contributed by atoms with E-state index in [1.807, 2.05) is 30.1 Å². The Kier molecular flexibility index (Phi) is 3.25. The average molecular weight is 257 g/mol. The van der Waals surface area contributed by atoms with Crippen molar-refractivity contribution in [1.29, 1.82) is 0 Å². The quantitative estimate of drug-likeness (QED) is 0.911. The van der Waals surface area contributed by atoms with Crippen LogP contribution in [0, 0.1) is 0 Å². The van der Waals surface area contributed by atoms with Crippen LogP contribution in [0.3, 0.4) is 0 Å². The van der Waals surface area contributed by atoms with E-state index in [1.165, 1.54) is 11.1 Å². The number of ether oxygens (including phenoxy) is 1. The number of hydrogen-bond acceptors (Lipinski definition) is 3. The molecule has 100 valence electrons. The van der Waals surface area contributed by atoms with E-state index >= 15 is 0 Å². The van der Waals surface area contributed by atoms with Crippen LogP contribution in [0.15, 0.2) is 30.6 Å². The highest BCUT2D eigenvalue weighted by Gasteiger charge is 2.15. The summed E-state index contributed by atoms with van der Waals surface area (Å²) in [4.78, 5) is 4.33. The molecule has 1 aromatic heterocycles. The first-order chi connectivity index (χ1) is 9.24. The van der Waals surface area contributed by atoms with Gasteiger partial charge < -0.3 is 15.0 Å². The minimum absolute atomic E-state index is 0.0580. The van der Waals surface area contributed by atoms with Gasteiger partial charge in [0, 0.05) is 38.3 Å². The molecule has 0 saturated carbocycles. The summed E-state index contributed by atoms with van der Waals surface area (Å²) in [6.07, 6.45) is 6.60. The maximum absolute atomic E-state index is 6.28. The number of hydrogen-bond donors (Lipinski definition) is 1. The number of benzene rings is 1. The minimum Gasteiger partial charge on any atom is -0.493 e. The number of rotatable bonds is 4. The maximum Gasteiger partial charge on any atom is 0.122 e. The van der Waals surface area contributed by atoms with Gasteiger partial charge in [-0.2, -0.15) is 0 Å². The van der Waals surface area contributed by atoms with Crippen molar-refractivity contribution >= 4 is 0 Å². The molecule has 1 unspecified atom stereocenters. The van der Waals surface area contributed by atoms with Gasteiger partial charge in [0.2, 0.25) is 0 Å². The second-order valence-corrected chi connectivity index (χ2v) is 5.07. The van der Waals surface area contributed by atoms with Crippen LogP contribution in [0.5, 0.6) is 5.75 Å². The van der Waals surface area contributed by atoms with Crippen LogP contribution in [-0.4, -0.2) is 16.2 Å². The molecule has 0 spiro atoms. The zero-order valence-electron chi connectivity index (χ0n) is 11.2. The first-order valence-corrected chi connectivity index (χ1v) is 6.71. The van der Waals surface area contributed by atoms with Crippen molar-refractivity contribution in [3.8, 4) is 5.75 Å². The van der Waals surface area contributed by atoms with E-state index in [2.05, 4.69) is 17.1 Å². The Labute approximate surface area is 113 Å². The van der Waals surface area contributed by atoms with Gasteiger partial charge >= 0.3 is 0 Å². The third-order valence-electron chi connectivity index (χ3n) is 3.74. The molecule has 1 aliphatic rings. The summed E-state index contributed by atoms with van der Waals surface area (Å²) >= 11 is 0. The number of nitrogens with zero attached hydrogens (tertiary/aromatic N) is 2. The summed E-state index contributed by atoms with van der Waals surface area (Å²) in [6.45, 7) is 0.793. The predicted octanol–water partition coefficient (Wildman–Crippen LogP) is 1.99. The van der Waals surface area contributed by atoms with Crippen LogP contribution in [-0.2, 0) is 19.9 Å². The molecule has 1 aliphatic heterocycles. The van der Waals surface area contributed by atoms with Gasteiger partial charge in [-0.15, -0.1) is 0 Å². The largest absolute Gasteiger partial charge is 0.493 e. The number of aryl methyl sites for hydroxylation is 2. The van der Waals surface area contributed by atoms with Gasteiger partial charge in [-0.1, -0.05) is 12.1 Å². The molecule has 0 fully saturated rings. The molecule has 0 radical (unpaired) electrons. The maximum atomic E-state index is 6.28. The molecule has 2 aromatic rings. The fourth-order valence-corrected chi connectivity index (χ4v) is 2.53. The van der Waals surface area contributed by atoms with Crippen LogP contribution < -0.4 is 10.5 Å². The minimum atomic E-state index is 0.0580. The smallest absolute Gasteiger partial charge is 0.122 e. The summed E-state index contributed by atoms with van der Waals surface area (Å²) in [7, 11) is 2.01. The Morgan fingerprint density at radius 1 is 1.47 bits per heavy atom. The fraction of sp³-hybridized carbons (Fsp3) is 0.400. The summed E-state index contributed by atoms with van der Waals surface area (Å²) in [5, 5.41) is 0. The summed E-state index contributed by atoms with van der Waals surface area (Å²) in [6, 6.07) is 6.36. The molecular formula is C15H19N3O. The van der Waals surface area contributed by atoms with E-state index in [4.69, 9.17) is 10.5 Å². The van der Waals surface area contributed by atoms with Crippen molar-refractivity contribution in [2.45, 2.75) is 25.3 Å². The Hall–Kier alpha value is -1.81. The van der Waals surface area contributed by atoms with Crippen molar-refractivity contribution in [3.63, 3.8) is 0 Å². The second-order valence-electron chi connectivity index (χ2n) is 5.07. The molecule has 3 rings (SSSR count). The van der Waals surface area contributed by atoms with Gasteiger partial charge in [0.1, 0.15) is 11.6 Å². The lowest BCUT2D eigenvalue weighted by Crippen LogP contribution is -2.12. The molecule has 2 heterocycles. The SMILES string of the molecule is Cn1ccnc1CCC(N)c1ccc2c(c1)CCO2. The Morgan fingerprint density at radius 2 is 2.37 bits per heavy atom. The van der Waals surface area contributed by atoms with Crippen molar-refractivity contribution in [3.05, 3.63) is 47.5 Å². The van der Waals surface area contributed by atoms with Crippen LogP contribution in [0.2, 0.25) is 0 Å². The molecule has 0 amide bonds. The summed E-state index contributed by atoms with van der Waals surface area (Å²) in [5.74, 6) is 2.10. The molecule has 0 aliphatic carbocycles. The Balaban J connectivity index is 1.67. The normalized spacial score (nSPS) is 15.1. The van der Waals surface area contributed by atoms with E-state index in [9.17, 15) is 0 Å². The van der Waals surface area contributed by atoms with Gasteiger partial charge in [-0.05, 0) is 23.6 Å². The molecule has 4 nitrogen and oxygen atoms in total. The highest BCUT2D eigenvalue weighted by molar-refractivity contribution is 5.40. The van der Waals surface area contributed by atoms with Gasteiger partial charge in [0.25, 0.3) is 0 Å². The van der Waals surface area contributed by atoms with Crippen molar-refractivity contribution in [2.24, 2.45) is 12.8 Å². The number of nitrogens with two attached hydrogens (primary N) is 1. The van der Waals surface area contributed by atoms with Crippen molar-refractivity contribution in [2.75, 3.05) is 6.61 Å². The first-order valence-electron chi connectivity index (χ1n) is 6.71. The van der Waals surface area contributed by atoms with Crippen molar-refractivity contribution < 1.29 is 4.74 Å². The van der Waals surface area contributed by atoms with Gasteiger partial charge in [-0.25, -0.2) is 4.98 Å². The van der Waals surface area contributed by atoms with Gasteiger partial charge in [-0.3, -0.25) is 0 Å². The molecule has 4 heteroatoms. The van der Waals surface area contributed by atoms with E-state index in [-0.39, 0.29) is 6.04 Å². The molecule has 19 heavy (non-hydrogen) atoms. The Morgan fingerprint density at radius 3 is 3.16 bits per heavy atom. The highest BCUT2D eigenvalue weighted by Crippen LogP contribution is 2.28. The molecule has 1 atom stereocenters. The first kappa shape index (κ1) is 12.2. The molecule has 1 aromatic carbocycles. The van der Waals surface area contributed by atoms with E-state index in [0.717, 1.165) is 37.4 Å². The summed E-state index contributed by atoms with van der Waals surface area (Å²) in [5.41, 5.74) is 8.75. The van der Waals surface area contributed by atoms with E-state index in [1.54, 1.807) is 0 Å². The number of fused-ring (bicyclic) bond motifs is 1. The Bertz CT molecular complexity index is 577. The molecule has 2 N–H and O–H groups in total.